The zero-order valence-electron chi connectivity index (χ0n) is 27.7. The summed E-state index contributed by atoms with van der Waals surface area (Å²) in [6.45, 7) is 5.31. The molecular formula is C33H46N6O9. The minimum atomic E-state index is -1.01. The SMILES string of the molecule is CC(C)(C)C(=O)OCc1ccc(NC(=O)[C@H](CCCNC(N)=O)CC(=O)[C@H](CCCCC(N)=O)NC(=O)CCN2C(=O)C=CC2=O)cc1. The van der Waals surface area contributed by atoms with Crippen LogP contribution in [0.4, 0.5) is 10.5 Å². The average molecular weight is 671 g/mol. The molecule has 2 atom stereocenters. The van der Waals surface area contributed by atoms with E-state index >= 15 is 0 Å². The Labute approximate surface area is 279 Å². The first-order valence-electron chi connectivity index (χ1n) is 15.8. The first-order chi connectivity index (χ1) is 22.6. The average Bonchev–Trinajstić information content (AvgIpc) is 3.33. The standard InChI is InChI=1S/C33H46N6O9/c1-33(2,3)31(46)48-20-21-10-12-23(13-11-21)37-30(45)22(7-6-17-36-32(35)47)19-25(40)24(8-4-5-9-26(34)41)38-27(42)16-18-39-28(43)14-15-29(39)44/h10-15,22,24H,4-9,16-20H2,1-3H3,(H2,34,41)(H,37,45)(H,38,42)(H3,35,36,47)/t22-,24+/m1/s1. The Balaban J connectivity index is 2.11. The third-order valence-corrected chi connectivity index (χ3v) is 7.40. The van der Waals surface area contributed by atoms with Crippen molar-refractivity contribution in [1.82, 2.24) is 15.5 Å². The molecule has 0 saturated heterocycles. The lowest BCUT2D eigenvalue weighted by atomic mass is 9.91. The number of anilines is 1. The number of nitrogens with one attached hydrogen (secondary N) is 3. The Morgan fingerprint density at radius 2 is 1.52 bits per heavy atom. The van der Waals surface area contributed by atoms with Crippen molar-refractivity contribution < 1.29 is 43.1 Å². The molecule has 0 aliphatic carbocycles. The Kier molecular flexibility index (Phi) is 15.4. The van der Waals surface area contributed by atoms with Crippen LogP contribution in [0.5, 0.6) is 0 Å². The van der Waals surface area contributed by atoms with Gasteiger partial charge in [0.1, 0.15) is 6.61 Å². The molecule has 0 spiro atoms. The van der Waals surface area contributed by atoms with Crippen LogP contribution in [0.1, 0.15) is 77.7 Å². The number of carbonyl (C=O) groups is 8. The molecule has 48 heavy (non-hydrogen) atoms. The van der Waals surface area contributed by atoms with Crippen molar-refractivity contribution in [2.75, 3.05) is 18.4 Å². The summed E-state index contributed by atoms with van der Waals surface area (Å²) >= 11 is 0. The van der Waals surface area contributed by atoms with E-state index in [4.69, 9.17) is 16.2 Å². The third kappa shape index (κ3) is 14.1. The summed E-state index contributed by atoms with van der Waals surface area (Å²) < 4.78 is 5.32. The second-order valence-electron chi connectivity index (χ2n) is 12.6. The van der Waals surface area contributed by atoms with Gasteiger partial charge in [-0.1, -0.05) is 18.6 Å². The lowest BCUT2D eigenvalue weighted by Crippen LogP contribution is -2.44. The van der Waals surface area contributed by atoms with Gasteiger partial charge in [0, 0.05) is 56.1 Å². The number of rotatable bonds is 20. The maximum absolute atomic E-state index is 13.6. The van der Waals surface area contributed by atoms with E-state index < -0.39 is 58.7 Å². The minimum Gasteiger partial charge on any atom is -0.460 e. The van der Waals surface area contributed by atoms with Gasteiger partial charge in [0.25, 0.3) is 11.8 Å². The summed E-state index contributed by atoms with van der Waals surface area (Å²) in [7, 11) is 0. The number of ether oxygens (including phenoxy) is 1. The molecule has 0 unspecified atom stereocenters. The van der Waals surface area contributed by atoms with E-state index in [2.05, 4.69) is 16.0 Å². The second kappa shape index (κ2) is 18.9. The van der Waals surface area contributed by atoms with Crippen LogP contribution in [0.25, 0.3) is 0 Å². The number of unbranched alkanes of at least 4 members (excludes halogenated alkanes) is 1. The molecule has 7 amide bonds. The number of nitrogens with two attached hydrogens (primary N) is 2. The molecule has 0 fully saturated rings. The predicted octanol–water partition coefficient (Wildman–Crippen LogP) is 1.58. The van der Waals surface area contributed by atoms with Gasteiger partial charge in [-0.3, -0.25) is 38.5 Å². The Morgan fingerprint density at radius 1 is 0.875 bits per heavy atom. The van der Waals surface area contributed by atoms with E-state index in [9.17, 15) is 38.4 Å². The molecule has 1 aromatic rings. The van der Waals surface area contributed by atoms with E-state index in [0.29, 0.717) is 30.5 Å². The van der Waals surface area contributed by atoms with Crippen LogP contribution in [0.15, 0.2) is 36.4 Å². The van der Waals surface area contributed by atoms with Crippen molar-refractivity contribution in [1.29, 1.82) is 0 Å². The molecule has 0 bridgehead atoms. The van der Waals surface area contributed by atoms with Crippen molar-refractivity contribution in [2.24, 2.45) is 22.8 Å². The smallest absolute Gasteiger partial charge is 0.312 e. The van der Waals surface area contributed by atoms with Gasteiger partial charge in [0.15, 0.2) is 5.78 Å². The van der Waals surface area contributed by atoms with Gasteiger partial charge in [-0.05, 0) is 64.2 Å². The van der Waals surface area contributed by atoms with Gasteiger partial charge in [-0.25, -0.2) is 4.79 Å². The fraction of sp³-hybridized carbons (Fsp3) is 0.515. The van der Waals surface area contributed by atoms with Crippen LogP contribution in [0.3, 0.4) is 0 Å². The van der Waals surface area contributed by atoms with Gasteiger partial charge in [0.2, 0.25) is 17.7 Å². The molecule has 0 saturated carbocycles. The molecule has 1 aliphatic heterocycles. The summed E-state index contributed by atoms with van der Waals surface area (Å²) in [4.78, 5) is 98.8. The number of urea groups is 1. The summed E-state index contributed by atoms with van der Waals surface area (Å²) in [6, 6.07) is 4.92. The molecule has 1 aliphatic rings. The highest BCUT2D eigenvalue weighted by Crippen LogP contribution is 2.20. The molecule has 1 heterocycles. The van der Waals surface area contributed by atoms with Crippen LogP contribution < -0.4 is 27.4 Å². The number of ketones is 1. The van der Waals surface area contributed by atoms with E-state index in [1.54, 1.807) is 45.0 Å². The van der Waals surface area contributed by atoms with Crippen molar-refractivity contribution in [3.8, 4) is 0 Å². The predicted molar refractivity (Wildman–Crippen MR) is 174 cm³/mol. The number of esters is 1. The van der Waals surface area contributed by atoms with Gasteiger partial charge in [-0.2, -0.15) is 0 Å². The van der Waals surface area contributed by atoms with Crippen molar-refractivity contribution in [3.05, 3.63) is 42.0 Å². The minimum absolute atomic E-state index is 0.0579. The Bertz CT molecular complexity index is 1370. The number of primary amides is 2. The van der Waals surface area contributed by atoms with Crippen molar-refractivity contribution in [3.63, 3.8) is 0 Å². The molecule has 15 heteroatoms. The van der Waals surface area contributed by atoms with Crippen LogP contribution in [-0.4, -0.2) is 71.4 Å². The van der Waals surface area contributed by atoms with E-state index in [1.165, 1.54) is 0 Å². The first kappa shape index (κ1) is 39.1. The van der Waals surface area contributed by atoms with Crippen LogP contribution >= 0.6 is 0 Å². The maximum Gasteiger partial charge on any atom is 0.312 e. The van der Waals surface area contributed by atoms with Crippen LogP contribution in [0.2, 0.25) is 0 Å². The zero-order valence-corrected chi connectivity index (χ0v) is 27.7. The van der Waals surface area contributed by atoms with Gasteiger partial charge in [0.05, 0.1) is 11.5 Å². The number of Topliss-reactive ketones (excluding diaryl/α,β-unsaturated/α-hetero) is 1. The van der Waals surface area contributed by atoms with Gasteiger partial charge >= 0.3 is 12.0 Å². The lowest BCUT2D eigenvalue weighted by molar-refractivity contribution is -0.154. The van der Waals surface area contributed by atoms with Crippen molar-refractivity contribution >= 4 is 53.0 Å². The number of amides is 7. The first-order valence-corrected chi connectivity index (χ1v) is 15.8. The highest BCUT2D eigenvalue weighted by atomic mass is 16.5. The summed E-state index contributed by atoms with van der Waals surface area (Å²) in [6.07, 6.45) is 3.27. The monoisotopic (exact) mass is 670 g/mol. The van der Waals surface area contributed by atoms with E-state index in [1.807, 2.05) is 0 Å². The molecule has 15 nitrogen and oxygen atoms in total. The molecule has 1 aromatic carbocycles. The van der Waals surface area contributed by atoms with Crippen LogP contribution in [0, 0.1) is 11.3 Å². The number of carbonyl (C=O) groups excluding carboxylic acids is 8. The highest BCUT2D eigenvalue weighted by Gasteiger charge is 2.29. The fourth-order valence-electron chi connectivity index (χ4n) is 4.66. The molecular weight excluding hydrogens is 624 g/mol. The highest BCUT2D eigenvalue weighted by molar-refractivity contribution is 6.13. The van der Waals surface area contributed by atoms with E-state index in [-0.39, 0.29) is 57.8 Å². The molecule has 0 radical (unpaired) electrons. The fourth-order valence-corrected chi connectivity index (χ4v) is 4.66. The lowest BCUT2D eigenvalue weighted by Gasteiger charge is -2.22. The maximum atomic E-state index is 13.6. The topological polar surface area (TPSA) is 237 Å². The molecule has 2 rings (SSSR count). The van der Waals surface area contributed by atoms with Gasteiger partial charge in [-0.15, -0.1) is 0 Å². The number of nitrogens with zero attached hydrogens (tertiary/aromatic N) is 1. The number of benzene rings is 1. The largest absolute Gasteiger partial charge is 0.460 e. The summed E-state index contributed by atoms with van der Waals surface area (Å²) in [5, 5.41) is 7.90. The van der Waals surface area contributed by atoms with Gasteiger partial charge < -0.3 is 32.2 Å². The van der Waals surface area contributed by atoms with Crippen LogP contribution in [-0.2, 0) is 44.9 Å². The van der Waals surface area contributed by atoms with Crippen molar-refractivity contribution in [2.45, 2.75) is 84.8 Å². The quantitative estimate of drug-likeness (QED) is 0.0768. The molecule has 262 valence electrons. The number of imide groups is 1. The summed E-state index contributed by atoms with van der Waals surface area (Å²) in [5.41, 5.74) is 10.9. The Morgan fingerprint density at radius 3 is 2.10 bits per heavy atom. The zero-order chi connectivity index (χ0) is 35.9. The van der Waals surface area contributed by atoms with E-state index in [0.717, 1.165) is 17.1 Å². The number of hydrogen-bond donors (Lipinski definition) is 5. The molecule has 0 aromatic heterocycles. The Hall–Kier alpha value is -5.08. The molecule has 7 N–H and O–H groups in total. The second-order valence-corrected chi connectivity index (χ2v) is 12.6. The summed E-state index contributed by atoms with van der Waals surface area (Å²) in [5.74, 6) is -4.25. The normalized spacial score (nSPS) is 13.9. The number of hydrogen-bond acceptors (Lipinski definition) is 9. The third-order valence-electron chi connectivity index (χ3n) is 7.40.